The lowest BCUT2D eigenvalue weighted by Crippen LogP contribution is -2.36. The zero-order chi connectivity index (χ0) is 13.3. The highest BCUT2D eigenvalue weighted by atomic mass is 79.9. The van der Waals surface area contributed by atoms with E-state index in [4.69, 9.17) is 10.5 Å². The third kappa shape index (κ3) is 2.56. The number of nitrogens with zero attached hydrogens (tertiary/aromatic N) is 1. The maximum Gasteiger partial charge on any atom is 0.123 e. The van der Waals surface area contributed by atoms with Crippen molar-refractivity contribution in [3.05, 3.63) is 28.2 Å². The van der Waals surface area contributed by atoms with Crippen molar-refractivity contribution in [3.63, 3.8) is 0 Å². The molecule has 1 heterocycles. The van der Waals surface area contributed by atoms with Crippen molar-refractivity contribution in [2.45, 2.75) is 38.4 Å². The Morgan fingerprint density at radius 3 is 2.78 bits per heavy atom. The monoisotopic (exact) mass is 312 g/mol. The summed E-state index contributed by atoms with van der Waals surface area (Å²) in [7, 11) is 1.72. The smallest absolute Gasteiger partial charge is 0.123 e. The van der Waals surface area contributed by atoms with Gasteiger partial charge < -0.3 is 10.5 Å². The first-order valence-electron chi connectivity index (χ1n) is 6.39. The van der Waals surface area contributed by atoms with E-state index in [0.717, 1.165) is 23.2 Å². The molecule has 0 amide bonds. The molecule has 1 aromatic rings. The molecular formula is C14H21BrN2O. The van der Waals surface area contributed by atoms with Crippen LogP contribution in [0.15, 0.2) is 22.7 Å². The Bertz CT molecular complexity index is 422. The summed E-state index contributed by atoms with van der Waals surface area (Å²) in [6, 6.07) is 7.05. The number of likely N-dealkylation sites (tertiary alicyclic amines) is 1. The number of nitrogens with two attached hydrogens (primary N) is 1. The van der Waals surface area contributed by atoms with Gasteiger partial charge in [0.1, 0.15) is 5.75 Å². The Balaban J connectivity index is 2.42. The standard InChI is InChI=1S/C14H21BrN2O/c1-9(2)17-7-6-12(16)14(17)11-8-10(15)4-5-13(11)18-3/h4-5,8-9,12,14H,6-7,16H2,1-3H3. The number of hydrogen-bond acceptors (Lipinski definition) is 3. The first kappa shape index (κ1) is 13.8. The van der Waals surface area contributed by atoms with E-state index in [-0.39, 0.29) is 12.1 Å². The third-order valence-corrected chi connectivity index (χ3v) is 4.15. The fraction of sp³-hybridized carbons (Fsp3) is 0.571. The summed E-state index contributed by atoms with van der Waals surface area (Å²) in [6.45, 7) is 5.49. The molecular weight excluding hydrogens is 292 g/mol. The molecule has 0 aliphatic carbocycles. The van der Waals surface area contributed by atoms with Crippen LogP contribution in [0.4, 0.5) is 0 Å². The summed E-state index contributed by atoms with van der Waals surface area (Å²) in [6.07, 6.45) is 1.04. The molecule has 1 aromatic carbocycles. The fourth-order valence-electron chi connectivity index (χ4n) is 2.77. The van der Waals surface area contributed by atoms with E-state index >= 15 is 0 Å². The van der Waals surface area contributed by atoms with Crippen molar-refractivity contribution in [1.29, 1.82) is 0 Å². The van der Waals surface area contributed by atoms with E-state index in [1.807, 2.05) is 12.1 Å². The second kappa shape index (κ2) is 5.59. The predicted octanol–water partition coefficient (Wildman–Crippen LogP) is 2.94. The molecule has 2 rings (SSSR count). The van der Waals surface area contributed by atoms with Crippen LogP contribution in [0.5, 0.6) is 5.75 Å². The maximum atomic E-state index is 6.30. The predicted molar refractivity (Wildman–Crippen MR) is 77.9 cm³/mol. The molecule has 18 heavy (non-hydrogen) atoms. The zero-order valence-corrected chi connectivity index (χ0v) is 12.8. The number of rotatable bonds is 3. The minimum absolute atomic E-state index is 0.176. The molecule has 1 aliphatic heterocycles. The van der Waals surface area contributed by atoms with Gasteiger partial charge in [0.15, 0.2) is 0 Å². The fourth-order valence-corrected chi connectivity index (χ4v) is 3.14. The molecule has 0 saturated carbocycles. The highest BCUT2D eigenvalue weighted by Crippen LogP contribution is 2.38. The Morgan fingerprint density at radius 1 is 1.44 bits per heavy atom. The molecule has 100 valence electrons. The molecule has 0 bridgehead atoms. The van der Waals surface area contributed by atoms with Crippen LogP contribution in [0.2, 0.25) is 0 Å². The Hall–Kier alpha value is -0.580. The van der Waals surface area contributed by atoms with Gasteiger partial charge >= 0.3 is 0 Å². The zero-order valence-electron chi connectivity index (χ0n) is 11.2. The van der Waals surface area contributed by atoms with E-state index < -0.39 is 0 Å². The van der Waals surface area contributed by atoms with Crippen LogP contribution in [-0.2, 0) is 0 Å². The molecule has 1 fully saturated rings. The normalized spacial score (nSPS) is 24.8. The highest BCUT2D eigenvalue weighted by Gasteiger charge is 2.36. The van der Waals surface area contributed by atoms with Crippen LogP contribution in [0.1, 0.15) is 31.9 Å². The average molecular weight is 313 g/mol. The third-order valence-electron chi connectivity index (χ3n) is 3.66. The molecule has 0 spiro atoms. The summed E-state index contributed by atoms with van der Waals surface area (Å²) in [5, 5.41) is 0. The van der Waals surface area contributed by atoms with Crippen LogP contribution in [0.25, 0.3) is 0 Å². The number of methoxy groups -OCH3 is 1. The summed E-state index contributed by atoms with van der Waals surface area (Å²) >= 11 is 3.53. The van der Waals surface area contributed by atoms with Crippen molar-refractivity contribution in [3.8, 4) is 5.75 Å². The molecule has 3 nitrogen and oxygen atoms in total. The van der Waals surface area contributed by atoms with Crippen LogP contribution in [0.3, 0.4) is 0 Å². The van der Waals surface area contributed by atoms with E-state index in [0.29, 0.717) is 6.04 Å². The molecule has 0 radical (unpaired) electrons. The van der Waals surface area contributed by atoms with Crippen molar-refractivity contribution in [2.75, 3.05) is 13.7 Å². The average Bonchev–Trinajstić information content (AvgIpc) is 2.71. The minimum atomic E-state index is 0.176. The van der Waals surface area contributed by atoms with Crippen LogP contribution >= 0.6 is 15.9 Å². The Labute approximate surface area is 117 Å². The first-order chi connectivity index (χ1) is 8.54. The lowest BCUT2D eigenvalue weighted by Gasteiger charge is -2.31. The number of halogens is 1. The summed E-state index contributed by atoms with van der Waals surface area (Å²) < 4.78 is 6.56. The van der Waals surface area contributed by atoms with Gasteiger partial charge in [-0.15, -0.1) is 0 Å². The van der Waals surface area contributed by atoms with E-state index in [1.54, 1.807) is 7.11 Å². The van der Waals surface area contributed by atoms with E-state index in [2.05, 4.69) is 40.7 Å². The second-order valence-electron chi connectivity index (χ2n) is 5.12. The topological polar surface area (TPSA) is 38.5 Å². The van der Waals surface area contributed by atoms with Crippen molar-refractivity contribution in [2.24, 2.45) is 5.73 Å². The van der Waals surface area contributed by atoms with Crippen LogP contribution in [0, 0.1) is 0 Å². The number of hydrogen-bond donors (Lipinski definition) is 1. The maximum absolute atomic E-state index is 6.30. The van der Waals surface area contributed by atoms with Gasteiger partial charge in [0.25, 0.3) is 0 Å². The molecule has 2 atom stereocenters. The molecule has 1 saturated heterocycles. The molecule has 4 heteroatoms. The van der Waals surface area contributed by atoms with Gasteiger partial charge in [-0.2, -0.15) is 0 Å². The van der Waals surface area contributed by atoms with E-state index in [9.17, 15) is 0 Å². The van der Waals surface area contributed by atoms with Crippen molar-refractivity contribution >= 4 is 15.9 Å². The van der Waals surface area contributed by atoms with Gasteiger partial charge in [0.2, 0.25) is 0 Å². The van der Waals surface area contributed by atoms with Gasteiger partial charge in [-0.3, -0.25) is 4.90 Å². The lowest BCUT2D eigenvalue weighted by molar-refractivity contribution is 0.194. The number of ether oxygens (including phenoxy) is 1. The highest BCUT2D eigenvalue weighted by molar-refractivity contribution is 9.10. The summed E-state index contributed by atoms with van der Waals surface area (Å²) in [4.78, 5) is 2.45. The second-order valence-corrected chi connectivity index (χ2v) is 6.03. The largest absolute Gasteiger partial charge is 0.496 e. The first-order valence-corrected chi connectivity index (χ1v) is 7.18. The van der Waals surface area contributed by atoms with Gasteiger partial charge in [0, 0.05) is 28.7 Å². The quantitative estimate of drug-likeness (QED) is 0.932. The SMILES string of the molecule is COc1ccc(Br)cc1C1C(N)CCN1C(C)C. The van der Waals surface area contributed by atoms with Gasteiger partial charge in [-0.05, 0) is 38.5 Å². The minimum Gasteiger partial charge on any atom is -0.496 e. The number of benzene rings is 1. The summed E-state index contributed by atoms with van der Waals surface area (Å²) in [5.41, 5.74) is 7.49. The van der Waals surface area contributed by atoms with Crippen LogP contribution < -0.4 is 10.5 Å². The molecule has 1 aliphatic rings. The van der Waals surface area contributed by atoms with Crippen molar-refractivity contribution in [1.82, 2.24) is 4.90 Å². The van der Waals surface area contributed by atoms with Gasteiger partial charge in [-0.25, -0.2) is 0 Å². The molecule has 2 N–H and O–H groups in total. The van der Waals surface area contributed by atoms with Gasteiger partial charge in [0.05, 0.1) is 13.2 Å². The molecule has 2 unspecified atom stereocenters. The molecule has 0 aromatic heterocycles. The Morgan fingerprint density at radius 2 is 2.17 bits per heavy atom. The van der Waals surface area contributed by atoms with Gasteiger partial charge in [-0.1, -0.05) is 15.9 Å². The summed E-state index contributed by atoms with van der Waals surface area (Å²) in [5.74, 6) is 0.922. The lowest BCUT2D eigenvalue weighted by atomic mass is 9.99. The van der Waals surface area contributed by atoms with Crippen LogP contribution in [-0.4, -0.2) is 30.6 Å². The Kier molecular flexibility index (Phi) is 4.30. The van der Waals surface area contributed by atoms with E-state index in [1.165, 1.54) is 5.56 Å². The van der Waals surface area contributed by atoms with Crippen molar-refractivity contribution < 1.29 is 4.74 Å².